The van der Waals surface area contributed by atoms with Gasteiger partial charge in [-0.15, -0.1) is 0 Å². The van der Waals surface area contributed by atoms with Gasteiger partial charge in [0, 0.05) is 23.9 Å². The summed E-state index contributed by atoms with van der Waals surface area (Å²) in [7, 11) is 3.05. The summed E-state index contributed by atoms with van der Waals surface area (Å²) in [5, 5.41) is 0.388. The highest BCUT2D eigenvalue weighted by atomic mass is 35.5. The first kappa shape index (κ1) is 20.3. The third-order valence-corrected chi connectivity index (χ3v) is 5.34. The molecular formula is C21H18Cl2N4O3. The van der Waals surface area contributed by atoms with Gasteiger partial charge >= 0.3 is 6.03 Å². The maximum absolute atomic E-state index is 13.6. The predicted octanol–water partition coefficient (Wildman–Crippen LogP) is 4.95. The lowest BCUT2D eigenvalue weighted by molar-refractivity contribution is 0.249. The number of ether oxygens (including phenoxy) is 2. The molecule has 2 heterocycles. The smallest absolute Gasteiger partial charge is 0.330 e. The number of aromatic nitrogens is 2. The summed E-state index contributed by atoms with van der Waals surface area (Å²) in [5.74, 6) is 1.41. The molecule has 0 bridgehead atoms. The monoisotopic (exact) mass is 444 g/mol. The number of benzene rings is 2. The van der Waals surface area contributed by atoms with Crippen molar-refractivity contribution < 1.29 is 14.3 Å². The highest BCUT2D eigenvalue weighted by molar-refractivity contribution is 6.35. The number of fused-ring (bicyclic) bond motifs is 1. The fourth-order valence-electron chi connectivity index (χ4n) is 3.31. The van der Waals surface area contributed by atoms with Gasteiger partial charge in [0.25, 0.3) is 0 Å². The van der Waals surface area contributed by atoms with Gasteiger partial charge in [0.1, 0.15) is 22.3 Å². The van der Waals surface area contributed by atoms with Crippen molar-refractivity contribution in [2.24, 2.45) is 0 Å². The van der Waals surface area contributed by atoms with E-state index in [9.17, 15) is 4.79 Å². The molecule has 0 saturated carbocycles. The van der Waals surface area contributed by atoms with Crippen LogP contribution in [-0.4, -0.2) is 30.2 Å². The minimum absolute atomic E-state index is 0.0779. The second-order valence-corrected chi connectivity index (χ2v) is 7.31. The van der Waals surface area contributed by atoms with Gasteiger partial charge in [-0.1, -0.05) is 41.9 Å². The minimum atomic E-state index is -0.293. The molecule has 1 aromatic heterocycles. The number of carbonyl (C=O) groups excluding carboxylic acids is 1. The lowest BCUT2D eigenvalue weighted by Gasteiger charge is -2.36. The van der Waals surface area contributed by atoms with Crippen LogP contribution < -0.4 is 19.3 Å². The standard InChI is InChI=1S/C21H18Cl2N4O3/c1-29-15-8-16(18(22)17(9-15)30-2)26-12-14-10-24-20(23)25-19(14)27(21(26)28)11-13-6-4-3-5-7-13/h3-10H,11-12H2,1-2H3. The van der Waals surface area contributed by atoms with Gasteiger partial charge in [0.15, 0.2) is 0 Å². The van der Waals surface area contributed by atoms with Crippen LogP contribution in [0.3, 0.4) is 0 Å². The quantitative estimate of drug-likeness (QED) is 0.520. The number of halogens is 2. The van der Waals surface area contributed by atoms with Crippen molar-refractivity contribution >= 4 is 40.7 Å². The van der Waals surface area contributed by atoms with Crippen molar-refractivity contribution in [3.05, 3.63) is 70.1 Å². The van der Waals surface area contributed by atoms with E-state index in [2.05, 4.69) is 9.97 Å². The van der Waals surface area contributed by atoms with E-state index in [4.69, 9.17) is 32.7 Å². The molecule has 7 nitrogen and oxygen atoms in total. The molecule has 0 N–H and O–H groups in total. The Bertz CT molecular complexity index is 1100. The SMILES string of the molecule is COc1cc(OC)c(Cl)c(N2Cc3cnc(Cl)nc3N(Cc3ccccc3)C2=O)c1. The lowest BCUT2D eigenvalue weighted by Crippen LogP contribution is -2.47. The molecule has 154 valence electrons. The molecule has 2 aromatic carbocycles. The Morgan fingerprint density at radius 2 is 1.87 bits per heavy atom. The molecule has 0 unspecified atom stereocenters. The van der Waals surface area contributed by atoms with Crippen LogP contribution in [0.4, 0.5) is 16.3 Å². The van der Waals surface area contributed by atoms with E-state index < -0.39 is 0 Å². The Morgan fingerprint density at radius 3 is 2.57 bits per heavy atom. The summed E-state index contributed by atoms with van der Waals surface area (Å²) in [6.07, 6.45) is 1.62. The highest BCUT2D eigenvalue weighted by Gasteiger charge is 2.35. The minimum Gasteiger partial charge on any atom is -0.497 e. The zero-order chi connectivity index (χ0) is 21.3. The number of amides is 2. The first-order valence-corrected chi connectivity index (χ1v) is 9.83. The summed E-state index contributed by atoms with van der Waals surface area (Å²) in [6, 6.07) is 12.7. The summed E-state index contributed by atoms with van der Waals surface area (Å²) in [5.41, 5.74) is 2.16. The van der Waals surface area contributed by atoms with Crippen LogP contribution in [0.15, 0.2) is 48.7 Å². The Kier molecular flexibility index (Phi) is 5.65. The van der Waals surface area contributed by atoms with Crippen molar-refractivity contribution in [1.82, 2.24) is 9.97 Å². The van der Waals surface area contributed by atoms with Gasteiger partial charge in [0.2, 0.25) is 5.28 Å². The van der Waals surface area contributed by atoms with Gasteiger partial charge in [-0.25, -0.2) is 9.78 Å². The average molecular weight is 445 g/mol. The van der Waals surface area contributed by atoms with E-state index in [-0.39, 0.29) is 17.9 Å². The number of nitrogens with zero attached hydrogens (tertiary/aromatic N) is 4. The normalized spacial score (nSPS) is 13.3. The number of anilines is 2. The molecule has 9 heteroatoms. The maximum atomic E-state index is 13.6. The first-order chi connectivity index (χ1) is 14.5. The Morgan fingerprint density at radius 1 is 1.10 bits per heavy atom. The van der Waals surface area contributed by atoms with Gasteiger partial charge in [-0.2, -0.15) is 4.98 Å². The van der Waals surface area contributed by atoms with E-state index in [1.54, 1.807) is 28.1 Å². The van der Waals surface area contributed by atoms with Crippen molar-refractivity contribution in [2.75, 3.05) is 24.0 Å². The molecule has 0 atom stereocenters. The molecule has 0 radical (unpaired) electrons. The second-order valence-electron chi connectivity index (χ2n) is 6.59. The van der Waals surface area contributed by atoms with Crippen LogP contribution in [-0.2, 0) is 13.1 Å². The molecule has 4 rings (SSSR count). The topological polar surface area (TPSA) is 67.8 Å². The number of urea groups is 1. The van der Waals surface area contributed by atoms with Crippen molar-refractivity contribution in [3.8, 4) is 11.5 Å². The van der Waals surface area contributed by atoms with Crippen LogP contribution in [0.5, 0.6) is 11.5 Å². The van der Waals surface area contributed by atoms with Crippen LogP contribution >= 0.6 is 23.2 Å². The number of hydrogen-bond acceptors (Lipinski definition) is 5. The highest BCUT2D eigenvalue weighted by Crippen LogP contribution is 2.42. The van der Waals surface area contributed by atoms with E-state index in [1.165, 1.54) is 14.2 Å². The Balaban J connectivity index is 1.82. The largest absolute Gasteiger partial charge is 0.497 e. The van der Waals surface area contributed by atoms with Crippen LogP contribution in [0, 0.1) is 0 Å². The Hall–Kier alpha value is -3.03. The average Bonchev–Trinajstić information content (AvgIpc) is 2.77. The van der Waals surface area contributed by atoms with Crippen molar-refractivity contribution in [1.29, 1.82) is 0 Å². The molecule has 3 aromatic rings. The third kappa shape index (κ3) is 3.74. The van der Waals surface area contributed by atoms with Crippen LogP contribution in [0.2, 0.25) is 10.3 Å². The summed E-state index contributed by atoms with van der Waals surface area (Å²) in [4.78, 5) is 25.1. The molecule has 0 saturated heterocycles. The molecule has 1 aliphatic rings. The van der Waals surface area contributed by atoms with Crippen molar-refractivity contribution in [2.45, 2.75) is 13.1 Å². The predicted molar refractivity (Wildman–Crippen MR) is 116 cm³/mol. The van der Waals surface area contributed by atoms with Gasteiger partial charge < -0.3 is 9.47 Å². The van der Waals surface area contributed by atoms with E-state index in [0.29, 0.717) is 34.6 Å². The number of methoxy groups -OCH3 is 2. The second kappa shape index (κ2) is 8.38. The van der Waals surface area contributed by atoms with Crippen molar-refractivity contribution in [3.63, 3.8) is 0 Å². The first-order valence-electron chi connectivity index (χ1n) is 9.07. The van der Waals surface area contributed by atoms with E-state index >= 15 is 0 Å². The summed E-state index contributed by atoms with van der Waals surface area (Å²) in [6.45, 7) is 0.544. The number of carbonyl (C=O) groups is 1. The summed E-state index contributed by atoms with van der Waals surface area (Å²) < 4.78 is 10.7. The number of hydrogen-bond donors (Lipinski definition) is 0. The molecule has 30 heavy (non-hydrogen) atoms. The molecule has 0 fully saturated rings. The van der Waals surface area contributed by atoms with Crippen LogP contribution in [0.25, 0.3) is 0 Å². The molecule has 1 aliphatic heterocycles. The maximum Gasteiger partial charge on any atom is 0.330 e. The fourth-order valence-corrected chi connectivity index (χ4v) is 3.73. The lowest BCUT2D eigenvalue weighted by atomic mass is 10.1. The van der Waals surface area contributed by atoms with E-state index in [1.807, 2.05) is 30.3 Å². The number of rotatable bonds is 5. The molecule has 2 amide bonds. The molecule has 0 spiro atoms. The van der Waals surface area contributed by atoms with Gasteiger partial charge in [-0.05, 0) is 17.2 Å². The van der Waals surface area contributed by atoms with Gasteiger partial charge in [0.05, 0.1) is 33.0 Å². The van der Waals surface area contributed by atoms with Gasteiger partial charge in [-0.3, -0.25) is 9.80 Å². The molecule has 0 aliphatic carbocycles. The summed E-state index contributed by atoms with van der Waals surface area (Å²) >= 11 is 12.6. The van der Waals surface area contributed by atoms with Crippen LogP contribution in [0.1, 0.15) is 11.1 Å². The Labute approximate surface area is 183 Å². The van der Waals surface area contributed by atoms with E-state index in [0.717, 1.165) is 11.1 Å². The zero-order valence-corrected chi connectivity index (χ0v) is 17.8. The molecular weight excluding hydrogens is 427 g/mol. The fraction of sp³-hybridized carbons (Fsp3) is 0.190. The zero-order valence-electron chi connectivity index (χ0n) is 16.3. The third-order valence-electron chi connectivity index (χ3n) is 4.78.